The standard InChI is InChI=1S/C10H16N3/c1-9-5-6-10(13(4)7-9)11-8-12(2)3/h5-8H,1-4H3/q+1. The number of aromatic nitrogens is 1. The van der Waals surface area contributed by atoms with Crippen LogP contribution in [-0.4, -0.2) is 25.3 Å². The van der Waals surface area contributed by atoms with Gasteiger partial charge in [-0.2, -0.15) is 0 Å². The van der Waals surface area contributed by atoms with Gasteiger partial charge >= 0.3 is 5.82 Å². The SMILES string of the molecule is Cc1ccc(N=CN(C)C)[n+](C)c1. The number of nitrogens with zero attached hydrogens (tertiary/aromatic N) is 3. The quantitative estimate of drug-likeness (QED) is 0.376. The Hall–Kier alpha value is -1.38. The van der Waals surface area contributed by atoms with Crippen LogP contribution in [0.25, 0.3) is 0 Å². The van der Waals surface area contributed by atoms with Gasteiger partial charge in [-0.25, -0.2) is 4.57 Å². The average molecular weight is 178 g/mol. The molecule has 0 aliphatic carbocycles. The van der Waals surface area contributed by atoms with Crippen LogP contribution in [0.4, 0.5) is 5.82 Å². The Morgan fingerprint density at radius 2 is 2.08 bits per heavy atom. The van der Waals surface area contributed by atoms with E-state index in [1.54, 1.807) is 6.34 Å². The minimum absolute atomic E-state index is 0.958. The van der Waals surface area contributed by atoms with Crippen LogP contribution in [-0.2, 0) is 7.05 Å². The fraction of sp³-hybridized carbons (Fsp3) is 0.400. The highest BCUT2D eigenvalue weighted by Crippen LogP contribution is 2.04. The zero-order chi connectivity index (χ0) is 9.84. The average Bonchev–Trinajstić information content (AvgIpc) is 2.02. The largest absolute Gasteiger partial charge is 0.348 e. The molecule has 1 aromatic heterocycles. The third-order valence-electron chi connectivity index (χ3n) is 1.67. The zero-order valence-electron chi connectivity index (χ0n) is 8.65. The van der Waals surface area contributed by atoms with E-state index in [1.165, 1.54) is 5.56 Å². The van der Waals surface area contributed by atoms with Gasteiger partial charge in [0.15, 0.2) is 0 Å². The van der Waals surface area contributed by atoms with Crippen molar-refractivity contribution in [1.82, 2.24) is 4.90 Å². The Morgan fingerprint density at radius 3 is 2.62 bits per heavy atom. The van der Waals surface area contributed by atoms with Gasteiger partial charge in [0.05, 0.1) is 13.2 Å². The predicted octanol–water partition coefficient (Wildman–Crippen LogP) is 1.04. The van der Waals surface area contributed by atoms with Crippen LogP contribution in [0, 0.1) is 6.92 Å². The molecule has 3 heteroatoms. The molecule has 0 N–H and O–H groups in total. The topological polar surface area (TPSA) is 19.5 Å². The molecule has 0 saturated heterocycles. The first-order chi connectivity index (χ1) is 6.09. The molecule has 0 atom stereocenters. The molecule has 0 saturated carbocycles. The molecule has 0 unspecified atom stereocenters. The van der Waals surface area contributed by atoms with Gasteiger partial charge in [0.1, 0.15) is 0 Å². The van der Waals surface area contributed by atoms with Gasteiger partial charge in [-0.05, 0) is 23.5 Å². The summed E-state index contributed by atoms with van der Waals surface area (Å²) in [6, 6.07) is 4.07. The molecular formula is C10H16N3+. The van der Waals surface area contributed by atoms with Gasteiger partial charge in [0, 0.05) is 20.2 Å². The smallest absolute Gasteiger partial charge is 0.324 e. The van der Waals surface area contributed by atoms with E-state index in [9.17, 15) is 0 Å². The summed E-state index contributed by atoms with van der Waals surface area (Å²) in [5.41, 5.74) is 1.24. The first-order valence-electron chi connectivity index (χ1n) is 4.26. The van der Waals surface area contributed by atoms with Crippen molar-refractivity contribution >= 4 is 12.2 Å². The summed E-state index contributed by atoms with van der Waals surface area (Å²) in [6.45, 7) is 2.07. The molecule has 0 spiro atoms. The summed E-state index contributed by atoms with van der Waals surface area (Å²) >= 11 is 0. The zero-order valence-corrected chi connectivity index (χ0v) is 8.65. The first-order valence-corrected chi connectivity index (χ1v) is 4.26. The number of pyridine rings is 1. The number of aryl methyl sites for hydroxylation is 2. The summed E-state index contributed by atoms with van der Waals surface area (Å²) in [6.07, 6.45) is 3.85. The summed E-state index contributed by atoms with van der Waals surface area (Å²) in [5.74, 6) is 0.958. The van der Waals surface area contributed by atoms with Crippen LogP contribution in [0.5, 0.6) is 0 Å². The van der Waals surface area contributed by atoms with Crippen molar-refractivity contribution < 1.29 is 4.57 Å². The van der Waals surface area contributed by atoms with Crippen molar-refractivity contribution in [1.29, 1.82) is 0 Å². The highest BCUT2D eigenvalue weighted by Gasteiger charge is 2.02. The molecule has 0 fully saturated rings. The monoisotopic (exact) mass is 178 g/mol. The number of hydrogen-bond donors (Lipinski definition) is 0. The van der Waals surface area contributed by atoms with Crippen molar-refractivity contribution in [2.24, 2.45) is 12.0 Å². The maximum atomic E-state index is 4.31. The van der Waals surface area contributed by atoms with Crippen LogP contribution < -0.4 is 4.57 Å². The Kier molecular flexibility index (Phi) is 3.01. The second-order valence-electron chi connectivity index (χ2n) is 3.38. The molecule has 0 bridgehead atoms. The van der Waals surface area contributed by atoms with Crippen molar-refractivity contribution in [2.45, 2.75) is 6.92 Å². The lowest BCUT2D eigenvalue weighted by atomic mass is 10.3. The number of hydrogen-bond acceptors (Lipinski definition) is 1. The van der Waals surface area contributed by atoms with E-state index in [-0.39, 0.29) is 0 Å². The summed E-state index contributed by atoms with van der Waals surface area (Å²) < 4.78 is 2.01. The lowest BCUT2D eigenvalue weighted by Crippen LogP contribution is -2.28. The van der Waals surface area contributed by atoms with Crippen molar-refractivity contribution in [2.75, 3.05) is 14.1 Å². The Morgan fingerprint density at radius 1 is 1.38 bits per heavy atom. The molecule has 0 aliphatic rings. The van der Waals surface area contributed by atoms with E-state index in [4.69, 9.17) is 0 Å². The van der Waals surface area contributed by atoms with Gasteiger partial charge in [0.25, 0.3) is 0 Å². The van der Waals surface area contributed by atoms with Crippen LogP contribution in [0.3, 0.4) is 0 Å². The minimum Gasteiger partial charge on any atom is -0.348 e. The molecule has 0 amide bonds. The molecule has 70 valence electrons. The molecular weight excluding hydrogens is 162 g/mol. The molecule has 13 heavy (non-hydrogen) atoms. The summed E-state index contributed by atoms with van der Waals surface area (Å²) in [4.78, 5) is 6.23. The van der Waals surface area contributed by atoms with E-state index < -0.39 is 0 Å². The highest BCUT2D eigenvalue weighted by atomic mass is 15.1. The van der Waals surface area contributed by atoms with Crippen LogP contribution >= 0.6 is 0 Å². The molecule has 0 aromatic carbocycles. The molecule has 0 aliphatic heterocycles. The van der Waals surface area contributed by atoms with Crippen molar-refractivity contribution in [3.05, 3.63) is 23.9 Å². The van der Waals surface area contributed by atoms with E-state index in [2.05, 4.69) is 24.2 Å². The van der Waals surface area contributed by atoms with Crippen molar-refractivity contribution in [3.8, 4) is 0 Å². The van der Waals surface area contributed by atoms with E-state index in [0.717, 1.165) is 5.82 Å². The van der Waals surface area contributed by atoms with Gasteiger partial charge < -0.3 is 4.90 Å². The van der Waals surface area contributed by atoms with Crippen LogP contribution in [0.2, 0.25) is 0 Å². The van der Waals surface area contributed by atoms with E-state index >= 15 is 0 Å². The molecule has 1 aromatic rings. The van der Waals surface area contributed by atoms with Gasteiger partial charge in [-0.3, -0.25) is 0 Å². The lowest BCUT2D eigenvalue weighted by molar-refractivity contribution is -0.658. The normalized spacial score (nSPS) is 10.8. The van der Waals surface area contributed by atoms with Gasteiger partial charge in [-0.1, -0.05) is 0 Å². The Bertz CT molecular complexity index is 316. The van der Waals surface area contributed by atoms with Gasteiger partial charge in [-0.15, -0.1) is 0 Å². The molecule has 3 nitrogen and oxygen atoms in total. The van der Waals surface area contributed by atoms with E-state index in [0.29, 0.717) is 0 Å². The Labute approximate surface area is 79.3 Å². The summed E-state index contributed by atoms with van der Waals surface area (Å²) in [5, 5.41) is 0. The third kappa shape index (κ3) is 2.86. The fourth-order valence-corrected chi connectivity index (χ4v) is 1.05. The van der Waals surface area contributed by atoms with Crippen LogP contribution in [0.1, 0.15) is 5.56 Å². The Balaban J connectivity index is 2.90. The van der Waals surface area contributed by atoms with E-state index in [1.807, 2.05) is 36.7 Å². The highest BCUT2D eigenvalue weighted by molar-refractivity contribution is 5.57. The predicted molar refractivity (Wildman–Crippen MR) is 54.2 cm³/mol. The number of aliphatic imine (C=N–C) groups is 1. The fourth-order valence-electron chi connectivity index (χ4n) is 1.05. The molecule has 0 radical (unpaired) electrons. The minimum atomic E-state index is 0.958. The summed E-state index contributed by atoms with van der Waals surface area (Å²) in [7, 11) is 5.91. The maximum absolute atomic E-state index is 4.31. The van der Waals surface area contributed by atoms with Crippen LogP contribution in [0.15, 0.2) is 23.3 Å². The number of rotatable bonds is 2. The maximum Gasteiger partial charge on any atom is 0.324 e. The molecule has 1 rings (SSSR count). The van der Waals surface area contributed by atoms with Gasteiger partial charge in [0.2, 0.25) is 6.34 Å². The third-order valence-corrected chi connectivity index (χ3v) is 1.67. The lowest BCUT2D eigenvalue weighted by Gasteiger charge is -1.98. The second kappa shape index (κ2) is 4.03. The molecule has 1 heterocycles. The first kappa shape index (κ1) is 9.71. The van der Waals surface area contributed by atoms with Crippen molar-refractivity contribution in [3.63, 3.8) is 0 Å². The second-order valence-corrected chi connectivity index (χ2v) is 3.38.